The van der Waals surface area contributed by atoms with E-state index in [0.717, 1.165) is 5.56 Å². The van der Waals surface area contributed by atoms with Gasteiger partial charge in [-0.25, -0.2) is 0 Å². The molecule has 0 radical (unpaired) electrons. The maximum absolute atomic E-state index is 13.9. The van der Waals surface area contributed by atoms with Crippen LogP contribution in [0.15, 0.2) is 42.0 Å². The number of nitrogens with one attached hydrogen (secondary N) is 1. The predicted molar refractivity (Wildman–Crippen MR) is 126 cm³/mol. The molecule has 1 aliphatic carbocycles. The zero-order valence-corrected chi connectivity index (χ0v) is 20.7. The Kier molecular flexibility index (Phi) is 5.07. The molecule has 1 spiro atoms. The first-order valence-electron chi connectivity index (χ1n) is 12.8. The van der Waals surface area contributed by atoms with Crippen LogP contribution < -0.4 is 5.32 Å². The van der Waals surface area contributed by atoms with Crippen molar-refractivity contribution in [2.45, 2.75) is 82.5 Å². The van der Waals surface area contributed by atoms with Crippen LogP contribution in [0.5, 0.6) is 0 Å². The van der Waals surface area contributed by atoms with Crippen molar-refractivity contribution in [2.24, 2.45) is 23.7 Å². The van der Waals surface area contributed by atoms with Gasteiger partial charge in [-0.15, -0.1) is 0 Å². The SMILES string of the molecule is CC1=CCC(=O)OC23C(=O)NC(Cc4ccccc4)C2C(C)C2(C)OC2C3C2OC2CC(C)C1=O. The minimum Gasteiger partial charge on any atom is -0.448 e. The molecule has 35 heavy (non-hydrogen) atoms. The number of epoxide rings is 2. The Bertz CT molecular complexity index is 1120. The van der Waals surface area contributed by atoms with Crippen LogP contribution in [0.25, 0.3) is 0 Å². The van der Waals surface area contributed by atoms with Crippen molar-refractivity contribution in [1.29, 1.82) is 0 Å². The number of esters is 1. The number of ether oxygens (including phenoxy) is 3. The Morgan fingerprint density at radius 2 is 1.83 bits per heavy atom. The largest absolute Gasteiger partial charge is 0.448 e. The van der Waals surface area contributed by atoms with Crippen LogP contribution in [0, 0.1) is 23.7 Å². The lowest BCUT2D eigenvalue weighted by Crippen LogP contribution is -2.63. The smallest absolute Gasteiger partial charge is 0.310 e. The highest BCUT2D eigenvalue weighted by Crippen LogP contribution is 2.66. The molecule has 7 heteroatoms. The van der Waals surface area contributed by atoms with E-state index in [2.05, 4.69) is 31.3 Å². The maximum atomic E-state index is 13.9. The van der Waals surface area contributed by atoms with Crippen molar-refractivity contribution in [1.82, 2.24) is 5.32 Å². The standard InChI is InChI=1S/C28H33NO6/c1-14-10-11-20(30)34-28-21(18(29-26(28)32)13-17-8-6-5-7-9-17)16(3)27(4)25(35-27)22(28)24-19(33-24)12-15(2)23(14)31/h5-10,15-16,18-19,21-22,24-25H,11-13H2,1-4H3,(H,29,32). The summed E-state index contributed by atoms with van der Waals surface area (Å²) in [7, 11) is 0. The number of carbonyl (C=O) groups is 3. The third kappa shape index (κ3) is 3.34. The highest BCUT2D eigenvalue weighted by atomic mass is 16.6. The van der Waals surface area contributed by atoms with Crippen LogP contribution in [0.3, 0.4) is 0 Å². The third-order valence-electron chi connectivity index (χ3n) is 9.31. The van der Waals surface area contributed by atoms with Crippen molar-refractivity contribution in [3.8, 4) is 0 Å². The van der Waals surface area contributed by atoms with Crippen molar-refractivity contribution >= 4 is 17.7 Å². The molecule has 10 atom stereocenters. The second kappa shape index (κ2) is 7.74. The number of hydrogen-bond acceptors (Lipinski definition) is 6. The average molecular weight is 480 g/mol. The lowest BCUT2D eigenvalue weighted by molar-refractivity contribution is -0.186. The topological polar surface area (TPSA) is 97.5 Å². The van der Waals surface area contributed by atoms with E-state index in [0.29, 0.717) is 18.4 Å². The summed E-state index contributed by atoms with van der Waals surface area (Å²) in [6.45, 7) is 7.85. The van der Waals surface area contributed by atoms with E-state index in [1.54, 1.807) is 13.0 Å². The minimum absolute atomic E-state index is 0.00732. The fraction of sp³-hybridized carbons (Fsp3) is 0.607. The predicted octanol–water partition coefficient (Wildman–Crippen LogP) is 2.76. The van der Waals surface area contributed by atoms with E-state index in [-0.39, 0.29) is 60.2 Å². The number of carbonyl (C=O) groups excluding carboxylic acids is 3. The van der Waals surface area contributed by atoms with Gasteiger partial charge >= 0.3 is 5.97 Å². The van der Waals surface area contributed by atoms with E-state index < -0.39 is 23.1 Å². The van der Waals surface area contributed by atoms with Gasteiger partial charge in [0.25, 0.3) is 5.91 Å². The van der Waals surface area contributed by atoms with Crippen LogP contribution in [0.4, 0.5) is 0 Å². The van der Waals surface area contributed by atoms with Gasteiger partial charge in [0.15, 0.2) is 5.78 Å². The monoisotopic (exact) mass is 479 g/mol. The molecule has 4 heterocycles. The number of ketones is 1. The second-order valence-corrected chi connectivity index (χ2v) is 11.3. The Morgan fingerprint density at radius 3 is 2.57 bits per heavy atom. The molecular weight excluding hydrogens is 446 g/mol. The van der Waals surface area contributed by atoms with Crippen LogP contribution >= 0.6 is 0 Å². The van der Waals surface area contributed by atoms with E-state index in [9.17, 15) is 14.4 Å². The van der Waals surface area contributed by atoms with Crippen molar-refractivity contribution in [3.05, 3.63) is 47.5 Å². The first-order valence-corrected chi connectivity index (χ1v) is 12.8. The lowest BCUT2D eigenvalue weighted by Gasteiger charge is -2.46. The van der Waals surface area contributed by atoms with Crippen LogP contribution in [0.1, 0.15) is 46.1 Å². The zero-order valence-electron chi connectivity index (χ0n) is 20.7. The van der Waals surface area contributed by atoms with E-state index in [1.165, 1.54) is 0 Å². The molecule has 1 N–H and O–H groups in total. The zero-order chi connectivity index (χ0) is 24.7. The molecule has 1 amide bonds. The fourth-order valence-electron chi connectivity index (χ4n) is 7.25. The molecule has 0 aromatic heterocycles. The van der Waals surface area contributed by atoms with Gasteiger partial charge in [0.1, 0.15) is 0 Å². The van der Waals surface area contributed by atoms with Gasteiger partial charge in [-0.1, -0.05) is 50.3 Å². The molecular formula is C28H33NO6. The Balaban J connectivity index is 1.43. The van der Waals surface area contributed by atoms with Gasteiger partial charge in [0, 0.05) is 17.9 Å². The normalized spacial score (nSPS) is 46.4. The average Bonchev–Trinajstić information content (AvgIpc) is 3.71. The Morgan fingerprint density at radius 1 is 1.09 bits per heavy atom. The second-order valence-electron chi connectivity index (χ2n) is 11.3. The van der Waals surface area contributed by atoms with E-state index in [4.69, 9.17) is 14.2 Å². The number of benzene rings is 1. The van der Waals surface area contributed by atoms with Crippen molar-refractivity contribution in [2.75, 3.05) is 0 Å². The number of allylic oxidation sites excluding steroid dienone is 1. The van der Waals surface area contributed by atoms with E-state index >= 15 is 0 Å². The number of Topliss-reactive ketones (excluding diaryl/α,β-unsaturated/α-hetero) is 1. The Labute approximate surface area is 205 Å². The first kappa shape index (κ1) is 22.9. The van der Waals surface area contributed by atoms with Gasteiger partial charge in [0.2, 0.25) is 5.60 Å². The fourth-order valence-corrected chi connectivity index (χ4v) is 7.25. The van der Waals surface area contributed by atoms with Crippen LogP contribution in [-0.2, 0) is 35.0 Å². The minimum atomic E-state index is -1.36. The molecule has 5 aliphatic rings. The van der Waals surface area contributed by atoms with E-state index in [1.807, 2.05) is 25.1 Å². The number of fused-ring (bicyclic) bond motifs is 4. The van der Waals surface area contributed by atoms with Gasteiger partial charge in [-0.3, -0.25) is 14.4 Å². The summed E-state index contributed by atoms with van der Waals surface area (Å²) in [6.07, 6.45) is 2.13. The summed E-state index contributed by atoms with van der Waals surface area (Å²) in [4.78, 5) is 39.9. The summed E-state index contributed by atoms with van der Waals surface area (Å²) in [6, 6.07) is 9.87. The first-order chi connectivity index (χ1) is 16.7. The van der Waals surface area contributed by atoms with Crippen LogP contribution in [0.2, 0.25) is 0 Å². The highest BCUT2D eigenvalue weighted by molar-refractivity contribution is 5.97. The van der Waals surface area contributed by atoms with Crippen LogP contribution in [-0.4, -0.2) is 53.2 Å². The lowest BCUT2D eigenvalue weighted by atomic mass is 9.58. The summed E-state index contributed by atoms with van der Waals surface area (Å²) < 4.78 is 18.7. The molecule has 10 unspecified atom stereocenters. The molecule has 186 valence electrons. The molecule has 0 bridgehead atoms. The summed E-state index contributed by atoms with van der Waals surface area (Å²) in [5.74, 6) is -1.62. The third-order valence-corrected chi connectivity index (χ3v) is 9.31. The Hall–Kier alpha value is -2.51. The summed E-state index contributed by atoms with van der Waals surface area (Å²) in [5, 5.41) is 3.22. The molecule has 1 saturated carbocycles. The number of rotatable bonds is 2. The molecule has 7 nitrogen and oxygen atoms in total. The molecule has 6 rings (SSSR count). The van der Waals surface area contributed by atoms with Gasteiger partial charge in [-0.05, 0) is 43.7 Å². The maximum Gasteiger partial charge on any atom is 0.310 e. The summed E-state index contributed by atoms with van der Waals surface area (Å²) >= 11 is 0. The summed E-state index contributed by atoms with van der Waals surface area (Å²) in [5.41, 5.74) is -0.0957. The van der Waals surface area contributed by atoms with Gasteiger partial charge in [0.05, 0.1) is 36.3 Å². The van der Waals surface area contributed by atoms with Gasteiger partial charge < -0.3 is 19.5 Å². The number of hydrogen-bond donors (Lipinski definition) is 1. The quantitative estimate of drug-likeness (QED) is 0.518. The molecule has 4 fully saturated rings. The van der Waals surface area contributed by atoms with Crippen molar-refractivity contribution in [3.63, 3.8) is 0 Å². The molecule has 1 aromatic carbocycles. The molecule has 3 saturated heterocycles. The van der Waals surface area contributed by atoms with Crippen molar-refractivity contribution < 1.29 is 28.6 Å². The molecule has 4 aliphatic heterocycles. The number of amides is 1. The van der Waals surface area contributed by atoms with Gasteiger partial charge in [-0.2, -0.15) is 0 Å². The highest BCUT2D eigenvalue weighted by Gasteiger charge is 2.82. The molecule has 1 aromatic rings.